The molecule has 0 bridgehead atoms. The van der Waals surface area contributed by atoms with Crippen LogP contribution < -0.4 is 4.74 Å². The van der Waals surface area contributed by atoms with Crippen LogP contribution in [0.15, 0.2) is 24.5 Å². The minimum absolute atomic E-state index is 0.244. The summed E-state index contributed by atoms with van der Waals surface area (Å²) in [4.78, 5) is 0. The highest BCUT2D eigenvalue weighted by atomic mass is 19.1. The molecule has 0 saturated carbocycles. The van der Waals surface area contributed by atoms with Gasteiger partial charge in [0.2, 0.25) is 0 Å². The molecule has 3 heteroatoms. The Balaban J connectivity index is 2.58. The van der Waals surface area contributed by atoms with Gasteiger partial charge in [-0.05, 0) is 6.07 Å². The number of ether oxygens (including phenoxy) is 1. The molecule has 1 aliphatic rings. The van der Waals surface area contributed by atoms with Gasteiger partial charge in [0.25, 0.3) is 0 Å². The Morgan fingerprint density at radius 2 is 2.31 bits per heavy atom. The minimum atomic E-state index is -0.378. The summed E-state index contributed by atoms with van der Waals surface area (Å²) in [7, 11) is 0. The van der Waals surface area contributed by atoms with Crippen molar-refractivity contribution in [2.75, 3.05) is 6.61 Å². The van der Waals surface area contributed by atoms with Crippen LogP contribution in [0.5, 0.6) is 5.75 Å². The van der Waals surface area contributed by atoms with E-state index >= 15 is 0 Å². The number of aliphatic hydroxyl groups excluding tert-OH is 1. The first kappa shape index (κ1) is 8.10. The predicted octanol–water partition coefficient (Wildman–Crippen LogP) is 2.51. The number of halogens is 1. The number of hydrogen-bond donors (Lipinski definition) is 1. The number of para-hydroxylation sites is 1. The van der Waals surface area contributed by atoms with Gasteiger partial charge in [0.1, 0.15) is 0 Å². The van der Waals surface area contributed by atoms with Gasteiger partial charge >= 0.3 is 0 Å². The third-order valence-corrected chi connectivity index (χ3v) is 2.09. The lowest BCUT2D eigenvalue weighted by Crippen LogP contribution is -2.09. The summed E-state index contributed by atoms with van der Waals surface area (Å²) >= 11 is 0. The van der Waals surface area contributed by atoms with E-state index in [1.807, 2.05) is 0 Å². The second kappa shape index (κ2) is 3.09. The molecule has 1 aliphatic heterocycles. The van der Waals surface area contributed by atoms with E-state index in [-0.39, 0.29) is 11.6 Å². The van der Waals surface area contributed by atoms with E-state index < -0.39 is 0 Å². The van der Waals surface area contributed by atoms with Gasteiger partial charge in [-0.25, -0.2) is 4.39 Å². The largest absolute Gasteiger partial charge is 0.515 e. The second-order valence-electron chi connectivity index (χ2n) is 2.87. The van der Waals surface area contributed by atoms with Gasteiger partial charge in [-0.1, -0.05) is 12.1 Å². The van der Waals surface area contributed by atoms with Crippen molar-refractivity contribution in [1.82, 2.24) is 0 Å². The molecular weight excluding hydrogens is 171 g/mol. The standard InChI is InChI=1S/C10H9FO2/c11-9-3-1-2-8-7(6-12)4-5-13-10(8)9/h1-3,6,12H,4-5H2. The number of aliphatic hydroxyl groups is 1. The molecular formula is C10H9FO2. The lowest BCUT2D eigenvalue weighted by molar-refractivity contribution is 0.298. The summed E-state index contributed by atoms with van der Waals surface area (Å²) < 4.78 is 18.3. The molecule has 1 aromatic carbocycles. The molecule has 13 heavy (non-hydrogen) atoms. The Morgan fingerprint density at radius 3 is 3.08 bits per heavy atom. The van der Waals surface area contributed by atoms with Gasteiger partial charge < -0.3 is 9.84 Å². The summed E-state index contributed by atoms with van der Waals surface area (Å²) in [5, 5.41) is 8.89. The fraction of sp³-hybridized carbons (Fsp3) is 0.200. The van der Waals surface area contributed by atoms with E-state index in [1.165, 1.54) is 6.07 Å². The van der Waals surface area contributed by atoms with Crippen LogP contribution in [-0.2, 0) is 0 Å². The number of rotatable bonds is 0. The van der Waals surface area contributed by atoms with E-state index in [2.05, 4.69) is 0 Å². The van der Waals surface area contributed by atoms with E-state index in [1.54, 1.807) is 12.1 Å². The molecule has 0 spiro atoms. The van der Waals surface area contributed by atoms with Crippen LogP contribution in [0.3, 0.4) is 0 Å². The fourth-order valence-corrected chi connectivity index (χ4v) is 1.44. The van der Waals surface area contributed by atoms with Gasteiger partial charge in [-0.15, -0.1) is 0 Å². The summed E-state index contributed by atoms with van der Waals surface area (Å²) in [5.74, 6) is -0.134. The van der Waals surface area contributed by atoms with Gasteiger partial charge in [0, 0.05) is 17.6 Å². The zero-order chi connectivity index (χ0) is 9.26. The quantitative estimate of drug-likeness (QED) is 0.621. The Kier molecular flexibility index (Phi) is 1.93. The highest BCUT2D eigenvalue weighted by Gasteiger charge is 2.18. The summed E-state index contributed by atoms with van der Waals surface area (Å²) in [6, 6.07) is 4.69. The van der Waals surface area contributed by atoms with Gasteiger partial charge in [-0.2, -0.15) is 0 Å². The molecule has 0 radical (unpaired) electrons. The van der Waals surface area contributed by atoms with Crippen LogP contribution in [0, 0.1) is 5.82 Å². The van der Waals surface area contributed by atoms with Gasteiger partial charge in [0.15, 0.2) is 11.6 Å². The average Bonchev–Trinajstić information content (AvgIpc) is 2.18. The van der Waals surface area contributed by atoms with E-state index in [0.717, 1.165) is 11.8 Å². The maximum absolute atomic E-state index is 13.1. The highest BCUT2D eigenvalue weighted by molar-refractivity contribution is 5.71. The Hall–Kier alpha value is -1.51. The molecule has 68 valence electrons. The molecule has 1 N–H and O–H groups in total. The van der Waals surface area contributed by atoms with E-state index in [4.69, 9.17) is 9.84 Å². The van der Waals surface area contributed by atoms with Crippen LogP contribution in [0.4, 0.5) is 4.39 Å². The molecule has 1 aromatic rings. The van der Waals surface area contributed by atoms with Crippen molar-refractivity contribution in [1.29, 1.82) is 0 Å². The van der Waals surface area contributed by atoms with Gasteiger partial charge in [0.05, 0.1) is 12.9 Å². The molecule has 0 fully saturated rings. The lowest BCUT2D eigenvalue weighted by atomic mass is 10.0. The summed E-state index contributed by atoms with van der Waals surface area (Å²) in [6.45, 7) is 0.417. The van der Waals surface area contributed by atoms with Crippen LogP contribution in [0.2, 0.25) is 0 Å². The number of benzene rings is 1. The molecule has 0 unspecified atom stereocenters. The van der Waals surface area contributed by atoms with Gasteiger partial charge in [-0.3, -0.25) is 0 Å². The molecule has 0 saturated heterocycles. The van der Waals surface area contributed by atoms with Crippen molar-refractivity contribution in [3.05, 3.63) is 35.8 Å². The monoisotopic (exact) mass is 180 g/mol. The van der Waals surface area contributed by atoms with Crippen molar-refractivity contribution < 1.29 is 14.2 Å². The maximum atomic E-state index is 13.1. The van der Waals surface area contributed by atoms with Crippen LogP contribution in [0.1, 0.15) is 12.0 Å². The Labute approximate surface area is 75.3 Å². The second-order valence-corrected chi connectivity index (χ2v) is 2.87. The molecule has 2 nitrogen and oxygen atoms in total. The van der Waals surface area contributed by atoms with Crippen LogP contribution in [0.25, 0.3) is 5.57 Å². The Bertz CT molecular complexity index is 358. The lowest BCUT2D eigenvalue weighted by Gasteiger charge is -2.19. The molecule has 2 rings (SSSR count). The SMILES string of the molecule is OC=C1CCOc2c(F)cccc21. The molecule has 0 amide bonds. The first-order valence-corrected chi connectivity index (χ1v) is 4.08. The topological polar surface area (TPSA) is 29.5 Å². The number of fused-ring (bicyclic) bond motifs is 1. The van der Waals surface area contributed by atoms with Crippen molar-refractivity contribution in [3.8, 4) is 5.75 Å². The molecule has 1 heterocycles. The summed E-state index contributed by atoms with van der Waals surface area (Å²) in [6.07, 6.45) is 1.63. The summed E-state index contributed by atoms with van der Waals surface area (Å²) in [5.41, 5.74) is 1.37. The molecule has 0 aliphatic carbocycles. The van der Waals surface area contributed by atoms with Crippen molar-refractivity contribution in [2.45, 2.75) is 6.42 Å². The number of hydrogen-bond acceptors (Lipinski definition) is 2. The zero-order valence-corrected chi connectivity index (χ0v) is 6.96. The molecule has 0 aromatic heterocycles. The predicted molar refractivity (Wildman–Crippen MR) is 47.1 cm³/mol. The third kappa shape index (κ3) is 1.26. The zero-order valence-electron chi connectivity index (χ0n) is 6.96. The smallest absolute Gasteiger partial charge is 0.165 e. The van der Waals surface area contributed by atoms with Crippen LogP contribution >= 0.6 is 0 Å². The van der Waals surface area contributed by atoms with Crippen molar-refractivity contribution >= 4 is 5.57 Å². The van der Waals surface area contributed by atoms with E-state index in [0.29, 0.717) is 18.6 Å². The normalized spacial score (nSPS) is 18.1. The molecule has 0 atom stereocenters. The van der Waals surface area contributed by atoms with Crippen molar-refractivity contribution in [3.63, 3.8) is 0 Å². The first-order chi connectivity index (χ1) is 6.33. The third-order valence-electron chi connectivity index (χ3n) is 2.09. The van der Waals surface area contributed by atoms with Crippen LogP contribution in [-0.4, -0.2) is 11.7 Å². The average molecular weight is 180 g/mol. The van der Waals surface area contributed by atoms with Crippen molar-refractivity contribution in [2.24, 2.45) is 0 Å². The Morgan fingerprint density at radius 1 is 1.46 bits per heavy atom. The fourth-order valence-electron chi connectivity index (χ4n) is 1.44. The minimum Gasteiger partial charge on any atom is -0.515 e. The van der Waals surface area contributed by atoms with E-state index in [9.17, 15) is 4.39 Å². The highest BCUT2D eigenvalue weighted by Crippen LogP contribution is 2.34. The maximum Gasteiger partial charge on any atom is 0.165 e. The first-order valence-electron chi connectivity index (χ1n) is 4.08.